The van der Waals surface area contributed by atoms with Crippen LogP contribution in [-0.2, 0) is 0 Å². The Morgan fingerprint density at radius 3 is 1.83 bits per heavy atom. The van der Waals surface area contributed by atoms with Crippen LogP contribution in [0.4, 0.5) is 0 Å². The van der Waals surface area contributed by atoms with Crippen LogP contribution in [0.1, 0.15) is 38.5 Å². The van der Waals surface area contributed by atoms with Gasteiger partial charge in [0.05, 0.1) is 0 Å². The molecule has 0 saturated carbocycles. The first kappa shape index (κ1) is 9.31. The minimum Gasteiger partial charge on any atom is -0.0885 e. The van der Waals surface area contributed by atoms with Gasteiger partial charge in [0.25, 0.3) is 0 Å². The molecule has 12 heavy (non-hydrogen) atoms. The van der Waals surface area contributed by atoms with Crippen molar-refractivity contribution in [3.63, 3.8) is 0 Å². The molecule has 0 heterocycles. The molecule has 0 bridgehead atoms. The van der Waals surface area contributed by atoms with Crippen LogP contribution in [0, 0.1) is 0 Å². The highest BCUT2D eigenvalue weighted by Gasteiger charge is 1.84. The lowest BCUT2D eigenvalue weighted by atomic mass is 10.1. The van der Waals surface area contributed by atoms with E-state index < -0.39 is 0 Å². The Morgan fingerprint density at radius 1 is 0.500 bits per heavy atom. The van der Waals surface area contributed by atoms with Crippen molar-refractivity contribution in [2.75, 3.05) is 0 Å². The third kappa shape index (κ3) is 4.95. The molecule has 66 valence electrons. The first-order valence-corrected chi connectivity index (χ1v) is 4.97. The Bertz CT molecular complexity index is 172. The minimum atomic E-state index is 1.18. The van der Waals surface area contributed by atoms with Crippen LogP contribution in [0.5, 0.6) is 0 Å². The molecule has 0 heteroatoms. The molecule has 0 spiro atoms. The molecule has 0 aromatic heterocycles. The van der Waals surface area contributed by atoms with Gasteiger partial charge < -0.3 is 0 Å². The average molecular weight is 162 g/mol. The third-order valence-corrected chi connectivity index (χ3v) is 2.04. The number of rotatable bonds is 0. The zero-order valence-electron chi connectivity index (χ0n) is 7.71. The van der Waals surface area contributed by atoms with Crippen molar-refractivity contribution in [1.82, 2.24) is 0 Å². The molecule has 0 amide bonds. The van der Waals surface area contributed by atoms with E-state index >= 15 is 0 Å². The van der Waals surface area contributed by atoms with Gasteiger partial charge in [-0.05, 0) is 38.5 Å². The van der Waals surface area contributed by atoms with Crippen molar-refractivity contribution in [2.45, 2.75) is 38.5 Å². The van der Waals surface area contributed by atoms with E-state index in [0.29, 0.717) is 0 Å². The van der Waals surface area contributed by atoms with Gasteiger partial charge in [0.15, 0.2) is 0 Å². The molecule has 1 rings (SSSR count). The van der Waals surface area contributed by atoms with E-state index in [1.54, 1.807) is 0 Å². The Morgan fingerprint density at radius 2 is 1.00 bits per heavy atom. The van der Waals surface area contributed by atoms with Gasteiger partial charge >= 0.3 is 0 Å². The average Bonchev–Trinajstić information content (AvgIpc) is 2.05. The SMILES string of the molecule is C1=CCC/C=C\CCCCC=C1. The summed E-state index contributed by atoms with van der Waals surface area (Å²) in [6, 6.07) is 0. The summed E-state index contributed by atoms with van der Waals surface area (Å²) in [5, 5.41) is 0. The zero-order valence-corrected chi connectivity index (χ0v) is 7.71. The van der Waals surface area contributed by atoms with Crippen LogP contribution in [0.3, 0.4) is 0 Å². The maximum Gasteiger partial charge on any atom is -0.0313 e. The molecule has 0 aliphatic heterocycles. The van der Waals surface area contributed by atoms with Gasteiger partial charge in [-0.2, -0.15) is 0 Å². The van der Waals surface area contributed by atoms with Crippen LogP contribution >= 0.6 is 0 Å². The second-order valence-corrected chi connectivity index (χ2v) is 3.19. The standard InChI is InChI=1S/C12H18/c1-2-4-6-8-10-12-11-9-7-5-3-1/h1-4,9,11H,5-8,10,12H2/b3-1?,4-2?,11-9-. The molecule has 0 fully saturated rings. The molecule has 0 unspecified atom stereocenters. The van der Waals surface area contributed by atoms with Crippen LogP contribution in [0.2, 0.25) is 0 Å². The lowest BCUT2D eigenvalue weighted by molar-refractivity contribution is 0.760. The molecule has 0 N–H and O–H groups in total. The van der Waals surface area contributed by atoms with E-state index in [4.69, 9.17) is 0 Å². The zero-order chi connectivity index (χ0) is 8.49. The predicted molar refractivity (Wildman–Crippen MR) is 55.1 cm³/mol. The Labute approximate surface area is 75.7 Å². The molecular weight excluding hydrogens is 144 g/mol. The van der Waals surface area contributed by atoms with Crippen molar-refractivity contribution >= 4 is 0 Å². The van der Waals surface area contributed by atoms with Crippen LogP contribution in [0.15, 0.2) is 36.5 Å². The van der Waals surface area contributed by atoms with E-state index in [1.165, 1.54) is 38.5 Å². The fourth-order valence-electron chi connectivity index (χ4n) is 1.30. The molecule has 1 aliphatic carbocycles. The molecule has 0 radical (unpaired) electrons. The molecule has 1 aliphatic rings. The summed E-state index contributed by atoms with van der Waals surface area (Å²) >= 11 is 0. The topological polar surface area (TPSA) is 0 Å². The lowest BCUT2D eigenvalue weighted by Crippen LogP contribution is -1.74. The van der Waals surface area contributed by atoms with E-state index in [9.17, 15) is 0 Å². The monoisotopic (exact) mass is 162 g/mol. The lowest BCUT2D eigenvalue weighted by Gasteiger charge is -1.94. The second kappa shape index (κ2) is 6.90. The largest absolute Gasteiger partial charge is 0.0885 e. The highest BCUT2D eigenvalue weighted by molar-refractivity contribution is 5.03. The molecular formula is C12H18. The van der Waals surface area contributed by atoms with E-state index in [-0.39, 0.29) is 0 Å². The molecule has 0 saturated heterocycles. The van der Waals surface area contributed by atoms with Crippen molar-refractivity contribution in [3.8, 4) is 0 Å². The summed E-state index contributed by atoms with van der Waals surface area (Å²) in [5.74, 6) is 0. The molecule has 0 aromatic carbocycles. The summed E-state index contributed by atoms with van der Waals surface area (Å²) in [7, 11) is 0. The van der Waals surface area contributed by atoms with Crippen molar-refractivity contribution < 1.29 is 0 Å². The normalized spacial score (nSPS) is 22.7. The smallest absolute Gasteiger partial charge is 0.0313 e. The van der Waals surface area contributed by atoms with E-state index in [1.807, 2.05) is 0 Å². The van der Waals surface area contributed by atoms with Gasteiger partial charge in [0, 0.05) is 0 Å². The number of hydrogen-bond donors (Lipinski definition) is 0. The predicted octanol–water partition coefficient (Wildman–Crippen LogP) is 4.01. The fraction of sp³-hybridized carbons (Fsp3) is 0.500. The fourth-order valence-corrected chi connectivity index (χ4v) is 1.30. The molecule has 0 atom stereocenters. The summed E-state index contributed by atoms with van der Waals surface area (Å²) in [6.07, 6.45) is 21.0. The highest BCUT2D eigenvalue weighted by Crippen LogP contribution is 2.04. The van der Waals surface area contributed by atoms with Gasteiger partial charge in [-0.25, -0.2) is 0 Å². The van der Waals surface area contributed by atoms with E-state index in [2.05, 4.69) is 36.5 Å². The number of allylic oxidation sites excluding steroid dienone is 6. The van der Waals surface area contributed by atoms with Crippen LogP contribution < -0.4 is 0 Å². The van der Waals surface area contributed by atoms with Crippen LogP contribution in [-0.4, -0.2) is 0 Å². The number of hydrogen-bond acceptors (Lipinski definition) is 0. The summed E-state index contributed by atoms with van der Waals surface area (Å²) in [4.78, 5) is 0. The van der Waals surface area contributed by atoms with E-state index in [0.717, 1.165) is 0 Å². The van der Waals surface area contributed by atoms with Crippen molar-refractivity contribution in [1.29, 1.82) is 0 Å². The maximum absolute atomic E-state index is 2.32. The van der Waals surface area contributed by atoms with Gasteiger partial charge in [0.1, 0.15) is 0 Å². The summed E-state index contributed by atoms with van der Waals surface area (Å²) in [6.45, 7) is 0. The van der Waals surface area contributed by atoms with Gasteiger partial charge in [-0.3, -0.25) is 0 Å². The quantitative estimate of drug-likeness (QED) is 0.472. The first-order chi connectivity index (χ1) is 6.00. The van der Waals surface area contributed by atoms with Crippen LogP contribution in [0.25, 0.3) is 0 Å². The Hall–Kier alpha value is -0.780. The highest BCUT2D eigenvalue weighted by atomic mass is 13.9. The minimum absolute atomic E-state index is 1.18. The summed E-state index contributed by atoms with van der Waals surface area (Å²) in [5.41, 5.74) is 0. The third-order valence-electron chi connectivity index (χ3n) is 2.04. The summed E-state index contributed by atoms with van der Waals surface area (Å²) < 4.78 is 0. The van der Waals surface area contributed by atoms with Gasteiger partial charge in [-0.1, -0.05) is 36.5 Å². The molecule has 0 nitrogen and oxygen atoms in total. The second-order valence-electron chi connectivity index (χ2n) is 3.19. The van der Waals surface area contributed by atoms with Gasteiger partial charge in [0.2, 0.25) is 0 Å². The molecule has 0 aromatic rings. The Balaban J connectivity index is 2.31. The first-order valence-electron chi connectivity index (χ1n) is 4.97. The van der Waals surface area contributed by atoms with Crippen molar-refractivity contribution in [2.24, 2.45) is 0 Å². The Kier molecular flexibility index (Phi) is 5.35. The van der Waals surface area contributed by atoms with Crippen molar-refractivity contribution in [3.05, 3.63) is 36.5 Å². The maximum atomic E-state index is 2.32. The van der Waals surface area contributed by atoms with Gasteiger partial charge in [-0.15, -0.1) is 0 Å².